The summed E-state index contributed by atoms with van der Waals surface area (Å²) in [7, 11) is 0. The first-order valence-electron chi connectivity index (χ1n) is 45.3. The molecule has 632 valence electrons. The molecule has 25 rings (SSSR count). The summed E-state index contributed by atoms with van der Waals surface area (Å²) in [5.41, 5.74) is 33.8. The minimum absolute atomic E-state index is 0.667. The molecule has 11 heteroatoms. The van der Waals surface area contributed by atoms with Crippen molar-refractivity contribution in [3.8, 4) is 180 Å². The molecule has 0 saturated heterocycles. The standard InChI is InChI=1S/C62H39N5S.C62H41N5/c1-5-18-40(19-6-1)44-34-35-54-51(38-44)57-49(45-26-15-27-46(36-45)61-63-52(41-20-7-2-8-21-41)39-53(64-61)42-22-9-3-10-23-42)31-17-32-55(57)67(54)48-29-16-28-47(37-48)62-65-58(43-24-11-4-12-25-43)60-59(66-62)50-30-13-14-33-56(50)68-60;1-6-19-42(20-7-1)47-35-36-58-53(39-47)60-52(48-29-16-30-49(37-48)61-63-54(43-21-8-2-9-22-43)40-55(64-61)44-23-10-3-11-24-44)33-18-34-59(60)67(58)51-32-17-31-50(38-51)62-65-56(45-25-12-4-13-26-45)41-57(66-62)46-27-14-5-15-28-46/h1-39H;1-41H. The monoisotopic (exact) mass is 1740 g/mol. The van der Waals surface area contributed by atoms with Crippen molar-refractivity contribution in [3.63, 3.8) is 0 Å². The Morgan fingerprint density at radius 3 is 0.822 bits per heavy atom. The third kappa shape index (κ3) is 15.6. The first kappa shape index (κ1) is 80.4. The lowest BCUT2D eigenvalue weighted by Crippen LogP contribution is -1.98. The number of hydrogen-bond donors (Lipinski definition) is 0. The highest BCUT2D eigenvalue weighted by molar-refractivity contribution is 7.26. The van der Waals surface area contributed by atoms with Gasteiger partial charge in [0.2, 0.25) is 0 Å². The topological polar surface area (TPSA) is 113 Å². The van der Waals surface area contributed by atoms with E-state index >= 15 is 0 Å². The van der Waals surface area contributed by atoms with Crippen LogP contribution in [0.1, 0.15) is 0 Å². The number of aromatic nitrogens is 10. The van der Waals surface area contributed by atoms with Crippen LogP contribution in [0.25, 0.3) is 244 Å². The predicted octanol–water partition coefficient (Wildman–Crippen LogP) is 32.1. The van der Waals surface area contributed by atoms with Crippen LogP contribution >= 0.6 is 11.3 Å². The molecule has 25 aromatic rings. The van der Waals surface area contributed by atoms with Gasteiger partial charge in [0.05, 0.1) is 72.1 Å². The number of thiophene rings is 1. The summed E-state index contributed by atoms with van der Waals surface area (Å²) in [4.78, 5) is 41.8. The van der Waals surface area contributed by atoms with Crippen molar-refractivity contribution in [2.24, 2.45) is 0 Å². The van der Waals surface area contributed by atoms with Crippen LogP contribution in [-0.2, 0) is 0 Å². The number of nitrogens with zero attached hydrogens (tertiary/aromatic N) is 10. The summed E-state index contributed by atoms with van der Waals surface area (Å²) in [5, 5.41) is 5.79. The fraction of sp³-hybridized carbons (Fsp3) is 0. The van der Waals surface area contributed by atoms with Crippen molar-refractivity contribution in [3.05, 3.63) is 485 Å². The van der Waals surface area contributed by atoms with E-state index in [1.165, 1.54) is 21.2 Å². The molecule has 10 nitrogen and oxygen atoms in total. The Bertz CT molecular complexity index is 8580. The number of rotatable bonds is 17. The normalized spacial score (nSPS) is 11.4. The Balaban J connectivity index is 0.000000148. The van der Waals surface area contributed by atoms with E-state index in [9.17, 15) is 0 Å². The molecule has 0 fully saturated rings. The molecule has 0 N–H and O–H groups in total. The Labute approximate surface area is 784 Å². The molecule has 0 bridgehead atoms. The molecule has 0 radical (unpaired) electrons. The van der Waals surface area contributed by atoms with E-state index < -0.39 is 0 Å². The van der Waals surface area contributed by atoms with Gasteiger partial charge in [-0.2, -0.15) is 0 Å². The summed E-state index contributed by atoms with van der Waals surface area (Å²) in [6, 6.07) is 170. The minimum Gasteiger partial charge on any atom is -0.309 e. The quantitative estimate of drug-likeness (QED) is 0.0886. The molecule has 0 amide bonds. The van der Waals surface area contributed by atoms with Crippen molar-refractivity contribution >= 4 is 75.3 Å². The fourth-order valence-electron chi connectivity index (χ4n) is 18.8. The van der Waals surface area contributed by atoms with Crippen LogP contribution in [-0.4, -0.2) is 49.0 Å². The Kier molecular flexibility index (Phi) is 21.0. The van der Waals surface area contributed by atoms with E-state index in [1.807, 2.05) is 36.4 Å². The molecule has 0 aliphatic heterocycles. The molecule has 0 atom stereocenters. The van der Waals surface area contributed by atoms with E-state index in [0.717, 1.165) is 200 Å². The van der Waals surface area contributed by atoms with Crippen LogP contribution in [0.2, 0.25) is 0 Å². The third-order valence-electron chi connectivity index (χ3n) is 25.2. The second kappa shape index (κ2) is 35.2. The number of fused-ring (bicyclic) bond motifs is 9. The van der Waals surface area contributed by atoms with Crippen molar-refractivity contribution in [2.45, 2.75) is 0 Å². The lowest BCUT2D eigenvalue weighted by Gasteiger charge is -2.13. The molecule has 7 aromatic heterocycles. The molecule has 18 aromatic carbocycles. The zero-order valence-corrected chi connectivity index (χ0v) is 73.9. The molecular formula is C124H80N10S. The first-order valence-corrected chi connectivity index (χ1v) is 46.1. The van der Waals surface area contributed by atoms with E-state index in [0.29, 0.717) is 23.3 Å². The highest BCUT2D eigenvalue weighted by atomic mass is 32.1. The van der Waals surface area contributed by atoms with Gasteiger partial charge in [0, 0.05) is 104 Å². The van der Waals surface area contributed by atoms with Crippen LogP contribution in [0.3, 0.4) is 0 Å². The van der Waals surface area contributed by atoms with Gasteiger partial charge in [-0.05, 0) is 142 Å². The maximum Gasteiger partial charge on any atom is 0.160 e. The summed E-state index contributed by atoms with van der Waals surface area (Å²) < 4.78 is 7.07. The predicted molar refractivity (Wildman–Crippen MR) is 558 cm³/mol. The van der Waals surface area contributed by atoms with Gasteiger partial charge >= 0.3 is 0 Å². The highest BCUT2D eigenvalue weighted by Crippen LogP contribution is 2.47. The van der Waals surface area contributed by atoms with Crippen molar-refractivity contribution in [2.75, 3.05) is 0 Å². The molecule has 0 aliphatic rings. The van der Waals surface area contributed by atoms with Crippen molar-refractivity contribution < 1.29 is 0 Å². The van der Waals surface area contributed by atoms with Gasteiger partial charge in [-0.3, -0.25) is 0 Å². The SMILES string of the molecule is c1ccc(-c2ccc3c(c2)c2c(-c4cccc(-c5nc(-c6ccccc6)cc(-c6ccccc6)n5)c4)cccc2n3-c2cccc(-c3nc(-c4ccccc4)c4sc5ccccc5c4n3)c2)cc1.c1ccc(-c2ccc3c(c2)c2c(-c4cccc(-c5nc(-c6ccccc6)cc(-c6ccccc6)n5)c4)cccc2n3-c2cccc(-c3nc(-c4ccccc4)cc(-c4ccccc4)n3)c2)cc1. The van der Waals surface area contributed by atoms with E-state index in [2.05, 4.69) is 458 Å². The molecular weight excluding hydrogens is 1660 g/mol. The smallest absolute Gasteiger partial charge is 0.160 e. The van der Waals surface area contributed by atoms with Crippen LogP contribution in [0.5, 0.6) is 0 Å². The average Bonchev–Trinajstić information content (AvgIpc) is 1.57. The van der Waals surface area contributed by atoms with E-state index in [-0.39, 0.29) is 0 Å². The summed E-state index contributed by atoms with van der Waals surface area (Å²) >= 11 is 1.75. The zero-order valence-electron chi connectivity index (χ0n) is 73.1. The maximum atomic E-state index is 5.34. The van der Waals surface area contributed by atoms with Crippen molar-refractivity contribution in [1.29, 1.82) is 0 Å². The van der Waals surface area contributed by atoms with Gasteiger partial charge in [0.25, 0.3) is 0 Å². The van der Waals surface area contributed by atoms with Gasteiger partial charge in [-0.15, -0.1) is 11.3 Å². The Morgan fingerprint density at radius 1 is 0.170 bits per heavy atom. The molecule has 0 saturated carbocycles. The molecule has 7 heterocycles. The third-order valence-corrected chi connectivity index (χ3v) is 26.4. The summed E-state index contributed by atoms with van der Waals surface area (Å²) in [6.07, 6.45) is 0. The average molecular weight is 1740 g/mol. The van der Waals surface area contributed by atoms with Crippen LogP contribution in [0, 0.1) is 0 Å². The van der Waals surface area contributed by atoms with Gasteiger partial charge in [0.15, 0.2) is 23.3 Å². The second-order valence-electron chi connectivity index (χ2n) is 33.6. The van der Waals surface area contributed by atoms with Crippen molar-refractivity contribution in [1.82, 2.24) is 49.0 Å². The van der Waals surface area contributed by atoms with Gasteiger partial charge < -0.3 is 9.13 Å². The van der Waals surface area contributed by atoms with Gasteiger partial charge in [-0.1, -0.05) is 388 Å². The Morgan fingerprint density at radius 2 is 0.459 bits per heavy atom. The zero-order chi connectivity index (χ0) is 89.5. The second-order valence-corrected chi connectivity index (χ2v) is 34.7. The maximum absolute atomic E-state index is 5.34. The summed E-state index contributed by atoms with van der Waals surface area (Å²) in [6.45, 7) is 0. The lowest BCUT2D eigenvalue weighted by molar-refractivity contribution is 1.16. The lowest BCUT2D eigenvalue weighted by atomic mass is 9.96. The van der Waals surface area contributed by atoms with Crippen LogP contribution in [0.4, 0.5) is 0 Å². The van der Waals surface area contributed by atoms with Crippen LogP contribution < -0.4 is 0 Å². The molecule has 0 unspecified atom stereocenters. The fourth-order valence-corrected chi connectivity index (χ4v) is 20.0. The van der Waals surface area contributed by atoms with Gasteiger partial charge in [0.1, 0.15) is 0 Å². The number of benzene rings is 18. The Hall–Kier alpha value is -17.9. The summed E-state index contributed by atoms with van der Waals surface area (Å²) in [5.74, 6) is 2.71. The number of hydrogen-bond acceptors (Lipinski definition) is 9. The molecule has 135 heavy (non-hydrogen) atoms. The minimum atomic E-state index is 0.667. The van der Waals surface area contributed by atoms with Crippen LogP contribution in [0.15, 0.2) is 485 Å². The van der Waals surface area contributed by atoms with Gasteiger partial charge in [-0.25, -0.2) is 39.9 Å². The highest BCUT2D eigenvalue weighted by Gasteiger charge is 2.25. The largest absolute Gasteiger partial charge is 0.309 e. The van der Waals surface area contributed by atoms with E-state index in [1.54, 1.807) is 11.3 Å². The molecule has 0 aliphatic carbocycles. The van der Waals surface area contributed by atoms with E-state index in [4.69, 9.17) is 39.9 Å². The first-order chi connectivity index (χ1) is 66.9. The molecule has 0 spiro atoms.